The summed E-state index contributed by atoms with van der Waals surface area (Å²) in [5.74, 6) is -0.232. The average Bonchev–Trinajstić information content (AvgIpc) is 2.45. The number of sulfone groups is 1. The lowest BCUT2D eigenvalue weighted by Gasteiger charge is -2.08. The normalized spacial score (nSPS) is 11.3. The topological polar surface area (TPSA) is 92.3 Å². The zero-order valence-electron chi connectivity index (χ0n) is 13.8. The van der Waals surface area contributed by atoms with Gasteiger partial charge in [-0.15, -0.1) is 0 Å². The van der Waals surface area contributed by atoms with Crippen molar-refractivity contribution in [3.63, 3.8) is 0 Å². The molecule has 128 valence electrons. The second kappa shape index (κ2) is 8.67. The zero-order valence-corrected chi connectivity index (χ0v) is 14.6. The van der Waals surface area contributed by atoms with Gasteiger partial charge in [0.25, 0.3) is 0 Å². The van der Waals surface area contributed by atoms with Gasteiger partial charge < -0.3 is 10.6 Å². The quantitative estimate of drug-likeness (QED) is 0.757. The summed E-state index contributed by atoms with van der Waals surface area (Å²) in [6.07, 6.45) is 0.803. The van der Waals surface area contributed by atoms with Gasteiger partial charge in [-0.1, -0.05) is 13.8 Å². The van der Waals surface area contributed by atoms with E-state index in [1.165, 1.54) is 31.2 Å². The third kappa shape index (κ3) is 7.27. The molecule has 2 amide bonds. The molecule has 0 saturated carbocycles. The van der Waals surface area contributed by atoms with Crippen molar-refractivity contribution in [1.29, 1.82) is 0 Å². The molecule has 7 heteroatoms. The predicted octanol–water partition coefficient (Wildman–Crippen LogP) is 1.97. The number of nitrogens with one attached hydrogen (secondary N) is 2. The SMILES string of the molecule is CC(=O)Nc1ccc(S(=O)(=O)CCC(=O)NCCC(C)C)cc1. The number of carbonyl (C=O) groups is 2. The van der Waals surface area contributed by atoms with Gasteiger partial charge >= 0.3 is 0 Å². The summed E-state index contributed by atoms with van der Waals surface area (Å²) in [6.45, 7) is 6.05. The highest BCUT2D eigenvalue weighted by atomic mass is 32.2. The van der Waals surface area contributed by atoms with Crippen LogP contribution < -0.4 is 10.6 Å². The smallest absolute Gasteiger partial charge is 0.221 e. The molecule has 0 heterocycles. The van der Waals surface area contributed by atoms with Crippen LogP contribution >= 0.6 is 0 Å². The van der Waals surface area contributed by atoms with Gasteiger partial charge in [-0.3, -0.25) is 9.59 Å². The highest BCUT2D eigenvalue weighted by Crippen LogP contribution is 2.16. The molecular weight excluding hydrogens is 316 g/mol. The molecule has 0 saturated heterocycles. The minimum atomic E-state index is -3.52. The van der Waals surface area contributed by atoms with Crippen molar-refractivity contribution in [1.82, 2.24) is 5.32 Å². The summed E-state index contributed by atoms with van der Waals surface area (Å²) in [7, 11) is -3.52. The van der Waals surface area contributed by atoms with Crippen molar-refractivity contribution < 1.29 is 18.0 Å². The van der Waals surface area contributed by atoms with Crippen molar-refractivity contribution in [2.75, 3.05) is 17.6 Å². The molecule has 0 atom stereocenters. The van der Waals surface area contributed by atoms with E-state index in [1.807, 2.05) is 0 Å². The van der Waals surface area contributed by atoms with Crippen LogP contribution in [0.15, 0.2) is 29.2 Å². The Bertz CT molecular complexity index is 637. The first-order chi connectivity index (χ1) is 10.7. The molecule has 1 rings (SSSR count). The molecule has 0 aliphatic rings. The fourth-order valence-corrected chi connectivity index (χ4v) is 3.12. The zero-order chi connectivity index (χ0) is 17.5. The van der Waals surface area contributed by atoms with Gasteiger partial charge in [-0.05, 0) is 36.6 Å². The number of anilines is 1. The Kier molecular flexibility index (Phi) is 7.22. The molecule has 1 aromatic carbocycles. The molecule has 23 heavy (non-hydrogen) atoms. The summed E-state index contributed by atoms with van der Waals surface area (Å²) in [6, 6.07) is 5.91. The van der Waals surface area contributed by atoms with Crippen LogP contribution in [0.3, 0.4) is 0 Å². The molecule has 2 N–H and O–H groups in total. The first kappa shape index (κ1) is 19.2. The Morgan fingerprint density at radius 1 is 1.13 bits per heavy atom. The van der Waals surface area contributed by atoms with Crippen molar-refractivity contribution in [3.8, 4) is 0 Å². The van der Waals surface area contributed by atoms with Crippen molar-refractivity contribution in [2.24, 2.45) is 5.92 Å². The lowest BCUT2D eigenvalue weighted by atomic mass is 10.1. The van der Waals surface area contributed by atoms with Gasteiger partial charge in [0.05, 0.1) is 10.6 Å². The maximum atomic E-state index is 12.2. The Hall–Kier alpha value is -1.89. The monoisotopic (exact) mass is 340 g/mol. The van der Waals surface area contributed by atoms with Crippen LogP contribution in [0.4, 0.5) is 5.69 Å². The van der Waals surface area contributed by atoms with Gasteiger partial charge in [0.2, 0.25) is 11.8 Å². The Labute approximate surface area is 137 Å². The molecule has 0 aliphatic carbocycles. The van der Waals surface area contributed by atoms with E-state index in [2.05, 4.69) is 24.5 Å². The van der Waals surface area contributed by atoms with E-state index in [0.29, 0.717) is 18.2 Å². The maximum Gasteiger partial charge on any atom is 0.221 e. The van der Waals surface area contributed by atoms with Gasteiger partial charge in [-0.25, -0.2) is 8.42 Å². The predicted molar refractivity (Wildman–Crippen MR) is 89.9 cm³/mol. The number of benzene rings is 1. The van der Waals surface area contributed by atoms with Crippen molar-refractivity contribution in [2.45, 2.75) is 38.5 Å². The van der Waals surface area contributed by atoms with Crippen LogP contribution in [0, 0.1) is 5.92 Å². The highest BCUT2D eigenvalue weighted by molar-refractivity contribution is 7.91. The first-order valence-corrected chi connectivity index (χ1v) is 9.23. The van der Waals surface area contributed by atoms with Gasteiger partial charge in [0.1, 0.15) is 0 Å². The second-order valence-electron chi connectivity index (χ2n) is 5.81. The lowest BCUT2D eigenvalue weighted by molar-refractivity contribution is -0.120. The van der Waals surface area contributed by atoms with E-state index in [0.717, 1.165) is 6.42 Å². The second-order valence-corrected chi connectivity index (χ2v) is 7.92. The van der Waals surface area contributed by atoms with Gasteiger partial charge in [-0.2, -0.15) is 0 Å². The third-order valence-corrected chi connectivity index (χ3v) is 4.91. The van der Waals surface area contributed by atoms with Crippen LogP contribution in [-0.2, 0) is 19.4 Å². The number of hydrogen-bond acceptors (Lipinski definition) is 4. The number of amides is 2. The molecule has 0 radical (unpaired) electrons. The van der Waals surface area contributed by atoms with Crippen LogP contribution in [-0.4, -0.2) is 32.5 Å². The van der Waals surface area contributed by atoms with E-state index in [1.54, 1.807) is 0 Å². The van der Waals surface area contributed by atoms with E-state index < -0.39 is 9.84 Å². The Balaban J connectivity index is 2.55. The molecule has 0 fully saturated rings. The van der Waals surface area contributed by atoms with Crippen LogP contribution in [0.2, 0.25) is 0 Å². The molecule has 0 aliphatic heterocycles. The maximum absolute atomic E-state index is 12.2. The van der Waals surface area contributed by atoms with Crippen molar-refractivity contribution in [3.05, 3.63) is 24.3 Å². The van der Waals surface area contributed by atoms with Crippen LogP contribution in [0.25, 0.3) is 0 Å². The summed E-state index contributed by atoms with van der Waals surface area (Å²) < 4.78 is 24.4. The minimum Gasteiger partial charge on any atom is -0.356 e. The van der Waals surface area contributed by atoms with E-state index in [-0.39, 0.29) is 28.9 Å². The Morgan fingerprint density at radius 2 is 1.74 bits per heavy atom. The van der Waals surface area contributed by atoms with Crippen LogP contribution in [0.1, 0.15) is 33.6 Å². The van der Waals surface area contributed by atoms with Crippen LogP contribution in [0.5, 0.6) is 0 Å². The molecule has 0 unspecified atom stereocenters. The third-order valence-electron chi connectivity index (χ3n) is 3.18. The summed E-state index contributed by atoms with van der Waals surface area (Å²) in [4.78, 5) is 22.7. The molecular formula is C16H24N2O4S. The van der Waals surface area contributed by atoms with E-state index in [9.17, 15) is 18.0 Å². The molecule has 0 spiro atoms. The van der Waals surface area contributed by atoms with Gasteiger partial charge in [0, 0.05) is 25.6 Å². The molecule has 0 bridgehead atoms. The largest absolute Gasteiger partial charge is 0.356 e. The first-order valence-electron chi connectivity index (χ1n) is 7.58. The van der Waals surface area contributed by atoms with E-state index >= 15 is 0 Å². The fourth-order valence-electron chi connectivity index (χ4n) is 1.88. The van der Waals surface area contributed by atoms with E-state index in [4.69, 9.17) is 0 Å². The Morgan fingerprint density at radius 3 is 2.26 bits per heavy atom. The average molecular weight is 340 g/mol. The van der Waals surface area contributed by atoms with Crippen molar-refractivity contribution >= 4 is 27.3 Å². The lowest BCUT2D eigenvalue weighted by Crippen LogP contribution is -2.27. The summed E-state index contributed by atoms with van der Waals surface area (Å²) >= 11 is 0. The standard InChI is InChI=1S/C16H24N2O4S/c1-12(2)8-10-17-16(20)9-11-23(21,22)15-6-4-14(5-7-15)18-13(3)19/h4-7,12H,8-11H2,1-3H3,(H,17,20)(H,18,19). The van der Waals surface area contributed by atoms with Gasteiger partial charge in [0.15, 0.2) is 9.84 Å². The summed E-state index contributed by atoms with van der Waals surface area (Å²) in [5.41, 5.74) is 0.530. The number of hydrogen-bond donors (Lipinski definition) is 2. The summed E-state index contributed by atoms with van der Waals surface area (Å²) in [5, 5.41) is 5.29. The molecule has 0 aromatic heterocycles. The fraction of sp³-hybridized carbons (Fsp3) is 0.500. The molecule has 6 nitrogen and oxygen atoms in total. The number of rotatable bonds is 8. The number of carbonyl (C=O) groups excluding carboxylic acids is 2. The molecule has 1 aromatic rings. The highest BCUT2D eigenvalue weighted by Gasteiger charge is 2.16. The minimum absolute atomic E-state index is 0.0616.